The first-order valence-electron chi connectivity index (χ1n) is 6.06. The van der Waals surface area contributed by atoms with Gasteiger partial charge in [-0.05, 0) is 12.8 Å². The second-order valence-electron chi connectivity index (χ2n) is 4.89. The Morgan fingerprint density at radius 1 is 1.35 bits per heavy atom. The van der Waals surface area contributed by atoms with Crippen molar-refractivity contribution >= 4 is 9.84 Å². The van der Waals surface area contributed by atoms with Gasteiger partial charge in [0, 0.05) is 19.6 Å². The van der Waals surface area contributed by atoms with Crippen molar-refractivity contribution in [3.05, 3.63) is 0 Å². The van der Waals surface area contributed by atoms with Crippen LogP contribution in [0.4, 0.5) is 0 Å². The molecule has 1 atom stereocenters. The van der Waals surface area contributed by atoms with E-state index in [-0.39, 0.29) is 5.75 Å². The number of ether oxygens (including phenoxy) is 1. The molecular formula is C10H21N3O3S. The molecule has 0 spiro atoms. The predicted octanol–water partition coefficient (Wildman–Crippen LogP) is -1.27. The first-order valence-corrected chi connectivity index (χ1v) is 7.88. The number of hydrazine groups is 1. The molecule has 0 aromatic rings. The van der Waals surface area contributed by atoms with E-state index in [1.165, 1.54) is 0 Å². The van der Waals surface area contributed by atoms with Crippen molar-refractivity contribution in [3.63, 3.8) is 0 Å². The Balaban J connectivity index is 2.02. The molecule has 2 rings (SSSR count). The van der Waals surface area contributed by atoms with Crippen molar-refractivity contribution in [1.82, 2.24) is 10.4 Å². The lowest BCUT2D eigenvalue weighted by atomic mass is 9.96. The fourth-order valence-corrected chi connectivity index (χ4v) is 4.40. The van der Waals surface area contributed by atoms with Gasteiger partial charge in [0.1, 0.15) is 0 Å². The topological polar surface area (TPSA) is 84.7 Å². The molecule has 2 saturated heterocycles. The summed E-state index contributed by atoms with van der Waals surface area (Å²) in [6.45, 7) is 3.27. The van der Waals surface area contributed by atoms with Gasteiger partial charge in [-0.2, -0.15) is 0 Å². The van der Waals surface area contributed by atoms with Crippen LogP contribution in [-0.4, -0.2) is 63.3 Å². The molecule has 17 heavy (non-hydrogen) atoms. The molecular weight excluding hydrogens is 242 g/mol. The van der Waals surface area contributed by atoms with Gasteiger partial charge in [-0.15, -0.1) is 0 Å². The quantitative estimate of drug-likeness (QED) is 0.660. The van der Waals surface area contributed by atoms with Gasteiger partial charge in [0.15, 0.2) is 9.84 Å². The fourth-order valence-electron chi connectivity index (χ4n) is 2.50. The summed E-state index contributed by atoms with van der Waals surface area (Å²) >= 11 is 0. The van der Waals surface area contributed by atoms with Crippen molar-refractivity contribution in [2.45, 2.75) is 18.4 Å². The van der Waals surface area contributed by atoms with Gasteiger partial charge in [-0.3, -0.25) is 0 Å². The molecule has 0 aromatic carbocycles. The van der Waals surface area contributed by atoms with Gasteiger partial charge in [-0.1, -0.05) is 0 Å². The molecule has 1 unspecified atom stereocenters. The molecule has 2 aliphatic heterocycles. The van der Waals surface area contributed by atoms with Gasteiger partial charge in [-0.25, -0.2) is 18.9 Å². The average Bonchev–Trinajstić information content (AvgIpc) is 2.29. The molecule has 0 radical (unpaired) electrons. The maximum Gasteiger partial charge on any atom is 0.152 e. The van der Waals surface area contributed by atoms with Crippen LogP contribution in [0.5, 0.6) is 0 Å². The monoisotopic (exact) mass is 263 g/mol. The minimum atomic E-state index is -2.95. The standard InChI is InChI=1S/C10H21N3O3S/c11-8-10(2-1-7-17(14,15)9-10)12-13-3-5-16-6-4-13/h12H,1-9,11H2. The summed E-state index contributed by atoms with van der Waals surface area (Å²) in [6, 6.07) is 0. The van der Waals surface area contributed by atoms with Crippen molar-refractivity contribution in [3.8, 4) is 0 Å². The van der Waals surface area contributed by atoms with Crippen LogP contribution in [0.1, 0.15) is 12.8 Å². The Hall–Kier alpha value is -0.210. The number of hydrogen-bond acceptors (Lipinski definition) is 6. The average molecular weight is 263 g/mol. The zero-order valence-electron chi connectivity index (χ0n) is 10.0. The first-order chi connectivity index (χ1) is 8.05. The molecule has 6 nitrogen and oxygen atoms in total. The highest BCUT2D eigenvalue weighted by Gasteiger charge is 2.39. The van der Waals surface area contributed by atoms with Crippen LogP contribution in [0, 0.1) is 0 Å². The van der Waals surface area contributed by atoms with Crippen molar-refractivity contribution in [1.29, 1.82) is 0 Å². The number of rotatable bonds is 3. The third-order valence-corrected chi connectivity index (χ3v) is 5.31. The Morgan fingerprint density at radius 2 is 2.06 bits per heavy atom. The maximum atomic E-state index is 11.7. The Kier molecular flexibility index (Phi) is 4.04. The van der Waals surface area contributed by atoms with Gasteiger partial charge >= 0.3 is 0 Å². The van der Waals surface area contributed by atoms with E-state index in [2.05, 4.69) is 5.43 Å². The molecule has 2 heterocycles. The lowest BCUT2D eigenvalue weighted by molar-refractivity contribution is -0.0102. The smallest absolute Gasteiger partial charge is 0.152 e. The van der Waals surface area contributed by atoms with Crippen molar-refractivity contribution in [2.24, 2.45) is 5.73 Å². The van der Waals surface area contributed by atoms with Crippen LogP contribution < -0.4 is 11.2 Å². The molecule has 0 aliphatic carbocycles. The summed E-state index contributed by atoms with van der Waals surface area (Å²) in [7, 11) is -2.95. The maximum absolute atomic E-state index is 11.7. The highest BCUT2D eigenvalue weighted by molar-refractivity contribution is 7.91. The van der Waals surface area contributed by atoms with E-state index in [4.69, 9.17) is 10.5 Å². The molecule has 7 heteroatoms. The zero-order valence-corrected chi connectivity index (χ0v) is 10.8. The largest absolute Gasteiger partial charge is 0.379 e. The van der Waals surface area contributed by atoms with Crippen LogP contribution in [0.25, 0.3) is 0 Å². The number of nitrogens with two attached hydrogens (primary N) is 1. The predicted molar refractivity (Wildman–Crippen MR) is 65.2 cm³/mol. The number of nitrogens with zero attached hydrogens (tertiary/aromatic N) is 1. The van der Waals surface area contributed by atoms with E-state index in [0.29, 0.717) is 31.9 Å². The Bertz CT molecular complexity index is 354. The highest BCUT2D eigenvalue weighted by Crippen LogP contribution is 2.22. The summed E-state index contributed by atoms with van der Waals surface area (Å²) in [5, 5.41) is 2.04. The minimum absolute atomic E-state index is 0.147. The van der Waals surface area contributed by atoms with Crippen LogP contribution in [0.3, 0.4) is 0 Å². The Morgan fingerprint density at radius 3 is 2.65 bits per heavy atom. The van der Waals surface area contributed by atoms with E-state index < -0.39 is 15.4 Å². The van der Waals surface area contributed by atoms with Crippen LogP contribution in [0.2, 0.25) is 0 Å². The molecule has 0 saturated carbocycles. The second kappa shape index (κ2) is 5.19. The Labute approximate surface area is 102 Å². The SMILES string of the molecule is NCC1(NN2CCOCC2)CCCS(=O)(=O)C1. The molecule has 0 bridgehead atoms. The lowest BCUT2D eigenvalue weighted by Gasteiger charge is -2.42. The number of morpholine rings is 1. The summed E-state index contributed by atoms with van der Waals surface area (Å²) in [5.74, 6) is 0.438. The first kappa shape index (κ1) is 13.2. The number of sulfone groups is 1. The minimum Gasteiger partial charge on any atom is -0.379 e. The normalized spacial score (nSPS) is 34.6. The van der Waals surface area contributed by atoms with Gasteiger partial charge in [0.05, 0.1) is 30.3 Å². The molecule has 2 fully saturated rings. The van der Waals surface area contributed by atoms with Crippen molar-refractivity contribution < 1.29 is 13.2 Å². The fraction of sp³-hybridized carbons (Fsp3) is 1.00. The summed E-state index contributed by atoms with van der Waals surface area (Å²) in [6.07, 6.45) is 1.51. The zero-order chi connectivity index (χ0) is 12.4. The highest BCUT2D eigenvalue weighted by atomic mass is 32.2. The molecule has 100 valence electrons. The number of nitrogens with one attached hydrogen (secondary N) is 1. The van der Waals surface area contributed by atoms with E-state index in [1.807, 2.05) is 5.01 Å². The van der Waals surface area contributed by atoms with Gasteiger partial charge in [0.25, 0.3) is 0 Å². The molecule has 2 aliphatic rings. The van der Waals surface area contributed by atoms with Crippen LogP contribution in [0.15, 0.2) is 0 Å². The van der Waals surface area contributed by atoms with Crippen LogP contribution in [-0.2, 0) is 14.6 Å². The van der Waals surface area contributed by atoms with Crippen LogP contribution >= 0.6 is 0 Å². The summed E-state index contributed by atoms with van der Waals surface area (Å²) < 4.78 is 28.7. The number of hydrogen-bond donors (Lipinski definition) is 2. The molecule has 0 amide bonds. The summed E-state index contributed by atoms with van der Waals surface area (Å²) in [4.78, 5) is 0. The van der Waals surface area contributed by atoms with E-state index in [9.17, 15) is 8.42 Å². The van der Waals surface area contributed by atoms with Crippen molar-refractivity contribution in [2.75, 3.05) is 44.4 Å². The molecule has 3 N–H and O–H groups in total. The van der Waals surface area contributed by atoms with Gasteiger partial charge in [0.2, 0.25) is 0 Å². The summed E-state index contributed by atoms with van der Waals surface area (Å²) in [5.41, 5.74) is 8.64. The third-order valence-electron chi connectivity index (χ3n) is 3.40. The van der Waals surface area contributed by atoms with E-state index in [0.717, 1.165) is 19.5 Å². The van der Waals surface area contributed by atoms with E-state index >= 15 is 0 Å². The molecule has 0 aromatic heterocycles. The van der Waals surface area contributed by atoms with E-state index in [1.54, 1.807) is 0 Å². The second-order valence-corrected chi connectivity index (χ2v) is 7.08. The third kappa shape index (κ3) is 3.38. The van der Waals surface area contributed by atoms with Gasteiger partial charge < -0.3 is 10.5 Å². The lowest BCUT2D eigenvalue weighted by Crippen LogP contribution is -2.64.